The van der Waals surface area contributed by atoms with Gasteiger partial charge in [0.15, 0.2) is 0 Å². The van der Waals surface area contributed by atoms with Gasteiger partial charge in [0.2, 0.25) is 0 Å². The maximum absolute atomic E-state index is 12.8. The molecule has 12 heteroatoms. The van der Waals surface area contributed by atoms with E-state index in [-0.39, 0.29) is 28.7 Å². The fraction of sp³-hybridized carbons (Fsp3) is 0.429. The second-order valence-electron chi connectivity index (χ2n) is 8.32. The zero-order valence-electron chi connectivity index (χ0n) is 17.8. The number of rotatable bonds is 3. The van der Waals surface area contributed by atoms with Crippen LogP contribution >= 0.6 is 11.3 Å². The third kappa shape index (κ3) is 3.76. The van der Waals surface area contributed by atoms with E-state index in [9.17, 15) is 23.2 Å². The molecule has 2 aliphatic heterocycles. The summed E-state index contributed by atoms with van der Waals surface area (Å²) in [5, 5.41) is 10.6. The maximum Gasteiger partial charge on any atom is 0.573 e. The summed E-state index contributed by atoms with van der Waals surface area (Å²) in [4.78, 5) is 26.4. The highest BCUT2D eigenvalue weighted by Gasteiger charge is 2.42. The monoisotopic (exact) mass is 476 g/mol. The Hall–Kier alpha value is -3.33. The molecule has 3 aromatic heterocycles. The van der Waals surface area contributed by atoms with Crippen LogP contribution in [0, 0.1) is 30.1 Å². The molecular weight excluding hydrogens is 457 g/mol. The first-order valence-electron chi connectivity index (χ1n) is 10.3. The third-order valence-electron chi connectivity index (χ3n) is 6.19. The first-order valence-corrected chi connectivity index (χ1v) is 11.1. The molecule has 0 saturated carbocycles. The molecule has 8 nitrogen and oxygen atoms in total. The molecule has 0 radical (unpaired) electrons. The van der Waals surface area contributed by atoms with Crippen molar-refractivity contribution in [2.45, 2.75) is 13.3 Å². The van der Waals surface area contributed by atoms with E-state index < -0.39 is 6.36 Å². The zero-order chi connectivity index (χ0) is 23.5. The third-order valence-corrected chi connectivity index (χ3v) is 7.24. The van der Waals surface area contributed by atoms with Crippen molar-refractivity contribution in [2.24, 2.45) is 18.9 Å². The van der Waals surface area contributed by atoms with E-state index in [1.165, 1.54) is 28.0 Å². The van der Waals surface area contributed by atoms with Crippen molar-refractivity contribution >= 4 is 33.2 Å². The summed E-state index contributed by atoms with van der Waals surface area (Å²) in [6, 6.07) is 4.87. The van der Waals surface area contributed by atoms with E-state index in [0.717, 1.165) is 16.0 Å². The summed E-state index contributed by atoms with van der Waals surface area (Å²) in [5.41, 5.74) is 1.06. The summed E-state index contributed by atoms with van der Waals surface area (Å²) < 4.78 is 42.5. The number of ether oxygens (including phenoxy) is 1. The van der Waals surface area contributed by atoms with Crippen LogP contribution in [0.4, 0.5) is 24.7 Å². The highest BCUT2D eigenvalue weighted by Crippen LogP contribution is 2.39. The highest BCUT2D eigenvalue weighted by molar-refractivity contribution is 7.18. The van der Waals surface area contributed by atoms with Gasteiger partial charge in [-0.1, -0.05) is 0 Å². The second-order valence-corrected chi connectivity index (χ2v) is 9.50. The molecule has 0 N–H and O–H groups in total. The Bertz CT molecular complexity index is 1310. The maximum atomic E-state index is 12.8. The lowest BCUT2D eigenvalue weighted by atomic mass is 10.0. The number of anilines is 2. The van der Waals surface area contributed by atoms with Crippen molar-refractivity contribution in [1.29, 1.82) is 5.26 Å². The summed E-state index contributed by atoms with van der Waals surface area (Å²) in [5.74, 6) is 0.773. The Balaban J connectivity index is 1.37. The number of hydrogen-bond acceptors (Lipinski definition) is 8. The molecule has 0 aromatic carbocycles. The predicted octanol–water partition coefficient (Wildman–Crippen LogP) is 3.04. The van der Waals surface area contributed by atoms with Crippen LogP contribution in [0.5, 0.6) is 5.75 Å². The number of nitriles is 1. The van der Waals surface area contributed by atoms with Crippen LogP contribution in [0.3, 0.4) is 0 Å². The standard InChI is InChI=1S/C21H19F3N6O2S/c1-11-27-17-18(15(5-25)19(31)28(2)20(17)33-11)30-9-12-7-29(8-13(12)10-30)16-4-3-14(6-26-16)32-21(22,23)24/h3-4,6,12-13H,7-10H2,1-2H3/t12-,13-/m1/s1. The number of alkyl halides is 3. The number of aryl methyl sites for hydroxylation is 2. The quantitative estimate of drug-likeness (QED) is 0.574. The highest BCUT2D eigenvalue weighted by atomic mass is 32.1. The van der Waals surface area contributed by atoms with Crippen LogP contribution in [0.2, 0.25) is 0 Å². The van der Waals surface area contributed by atoms with Gasteiger partial charge in [-0.25, -0.2) is 9.97 Å². The van der Waals surface area contributed by atoms with Gasteiger partial charge in [-0.3, -0.25) is 4.79 Å². The Labute approximate surface area is 190 Å². The Morgan fingerprint density at radius 1 is 1.18 bits per heavy atom. The average molecular weight is 476 g/mol. The van der Waals surface area contributed by atoms with Gasteiger partial charge < -0.3 is 19.1 Å². The Kier molecular flexibility index (Phi) is 4.97. The number of hydrogen-bond donors (Lipinski definition) is 0. The molecule has 0 spiro atoms. The van der Waals surface area contributed by atoms with Gasteiger partial charge in [0.1, 0.15) is 33.5 Å². The fourth-order valence-corrected chi connectivity index (χ4v) is 5.68. The van der Waals surface area contributed by atoms with Crippen molar-refractivity contribution in [3.8, 4) is 11.8 Å². The van der Waals surface area contributed by atoms with Gasteiger partial charge in [0.25, 0.3) is 5.56 Å². The van der Waals surface area contributed by atoms with Crippen molar-refractivity contribution in [3.63, 3.8) is 0 Å². The molecule has 5 rings (SSSR count). The summed E-state index contributed by atoms with van der Waals surface area (Å²) in [6.07, 6.45) is -3.68. The fourth-order valence-electron chi connectivity index (χ4n) is 4.80. The normalized spacial score (nSPS) is 20.4. The van der Waals surface area contributed by atoms with Gasteiger partial charge in [-0.15, -0.1) is 24.5 Å². The number of pyridine rings is 2. The minimum atomic E-state index is -4.75. The predicted molar refractivity (Wildman–Crippen MR) is 117 cm³/mol. The molecule has 2 fully saturated rings. The Morgan fingerprint density at radius 2 is 1.85 bits per heavy atom. The molecule has 0 aliphatic carbocycles. The van der Waals surface area contributed by atoms with E-state index in [1.807, 2.05) is 11.8 Å². The molecule has 0 amide bonds. The van der Waals surface area contributed by atoms with Crippen molar-refractivity contribution < 1.29 is 17.9 Å². The largest absolute Gasteiger partial charge is 0.573 e. The van der Waals surface area contributed by atoms with Gasteiger partial charge >= 0.3 is 6.36 Å². The number of nitrogens with zero attached hydrogens (tertiary/aromatic N) is 6. The molecule has 3 aromatic rings. The van der Waals surface area contributed by atoms with E-state index in [0.29, 0.717) is 43.2 Å². The SMILES string of the molecule is Cc1nc2c(N3C[C@H]4CN(c5ccc(OC(F)(F)F)cn5)C[C@@H]4C3)c(C#N)c(=O)n(C)c2s1. The molecule has 2 atom stereocenters. The van der Waals surface area contributed by atoms with Crippen LogP contribution in [0.15, 0.2) is 23.1 Å². The summed E-state index contributed by atoms with van der Waals surface area (Å²) >= 11 is 1.43. The molecule has 2 aliphatic rings. The Morgan fingerprint density at radius 3 is 2.42 bits per heavy atom. The first-order chi connectivity index (χ1) is 15.6. The van der Waals surface area contributed by atoms with Gasteiger partial charge in [-0.2, -0.15) is 5.26 Å². The lowest BCUT2D eigenvalue weighted by molar-refractivity contribution is -0.274. The minimum absolute atomic E-state index is 0.106. The lowest BCUT2D eigenvalue weighted by Crippen LogP contribution is -2.32. The van der Waals surface area contributed by atoms with Crippen molar-refractivity contribution in [2.75, 3.05) is 36.0 Å². The van der Waals surface area contributed by atoms with E-state index in [1.54, 1.807) is 7.05 Å². The number of fused-ring (bicyclic) bond motifs is 2. The van der Waals surface area contributed by atoms with Crippen LogP contribution < -0.4 is 20.1 Å². The smallest absolute Gasteiger partial charge is 0.404 e. The molecule has 0 unspecified atom stereocenters. The molecular formula is C21H19F3N6O2S. The molecule has 172 valence electrons. The number of halogens is 3. The van der Waals surface area contributed by atoms with Crippen molar-refractivity contribution in [3.05, 3.63) is 39.3 Å². The summed E-state index contributed by atoms with van der Waals surface area (Å²) in [7, 11) is 1.65. The molecule has 0 bridgehead atoms. The summed E-state index contributed by atoms with van der Waals surface area (Å²) in [6.45, 7) is 4.55. The second kappa shape index (κ2) is 7.62. The van der Waals surface area contributed by atoms with Gasteiger partial charge in [0.05, 0.1) is 16.9 Å². The molecule has 33 heavy (non-hydrogen) atoms. The van der Waals surface area contributed by atoms with Crippen LogP contribution in [-0.4, -0.2) is 47.1 Å². The number of thiazole rings is 1. The lowest BCUT2D eigenvalue weighted by Gasteiger charge is -2.25. The number of aromatic nitrogens is 3. The van der Waals surface area contributed by atoms with E-state index in [2.05, 4.69) is 25.7 Å². The van der Waals surface area contributed by atoms with E-state index in [4.69, 9.17) is 0 Å². The van der Waals surface area contributed by atoms with Gasteiger partial charge in [0, 0.05) is 45.1 Å². The topological polar surface area (TPSA) is 87.3 Å². The minimum Gasteiger partial charge on any atom is -0.404 e. The zero-order valence-corrected chi connectivity index (χ0v) is 18.6. The van der Waals surface area contributed by atoms with Crippen LogP contribution in [0.1, 0.15) is 10.6 Å². The molecule has 5 heterocycles. The van der Waals surface area contributed by atoms with Crippen LogP contribution in [0.25, 0.3) is 10.3 Å². The van der Waals surface area contributed by atoms with Crippen molar-refractivity contribution in [1.82, 2.24) is 14.5 Å². The first kappa shape index (κ1) is 21.5. The molecule has 2 saturated heterocycles. The average Bonchev–Trinajstić information content (AvgIpc) is 3.42. The van der Waals surface area contributed by atoms with Gasteiger partial charge in [-0.05, 0) is 19.1 Å². The van der Waals surface area contributed by atoms with E-state index >= 15 is 0 Å². The van der Waals surface area contributed by atoms with Crippen LogP contribution in [-0.2, 0) is 7.05 Å².